The molecule has 1 fully saturated rings. The monoisotopic (exact) mass is 158 g/mol. The molecule has 0 spiro atoms. The average Bonchev–Trinajstić information content (AvgIpc) is 2.52. The molecule has 1 aliphatic rings. The lowest BCUT2D eigenvalue weighted by molar-refractivity contribution is -0.839. The molecule has 0 aliphatic carbocycles. The van der Waals surface area contributed by atoms with Crippen LogP contribution >= 0.6 is 0 Å². The van der Waals surface area contributed by atoms with E-state index in [1.165, 1.54) is 6.20 Å². The molecule has 0 aromatic heterocycles. The first-order chi connectivity index (χ1) is 5.33. The Kier molecular flexibility index (Phi) is 3.51. The standard InChI is InChI=1S/C7H14N2O2/c1-8-9(10)5-4-7-3-2-6-11-7/h4-5,7-9H,2-3,6H2,1H3/b5-4+. The van der Waals surface area contributed by atoms with Crippen molar-refractivity contribution >= 4 is 0 Å². The highest BCUT2D eigenvalue weighted by Gasteiger charge is 2.11. The second kappa shape index (κ2) is 4.46. The van der Waals surface area contributed by atoms with E-state index in [2.05, 4.69) is 5.43 Å². The van der Waals surface area contributed by atoms with Gasteiger partial charge < -0.3 is 9.94 Å². The molecule has 2 atom stereocenters. The fourth-order valence-electron chi connectivity index (χ4n) is 1.03. The summed E-state index contributed by atoms with van der Waals surface area (Å²) in [6, 6.07) is 0. The summed E-state index contributed by atoms with van der Waals surface area (Å²) < 4.78 is 5.28. The molecule has 64 valence electrons. The highest BCUT2D eigenvalue weighted by Crippen LogP contribution is 2.11. The Morgan fingerprint density at radius 3 is 3.09 bits per heavy atom. The Morgan fingerprint density at radius 2 is 2.55 bits per heavy atom. The van der Waals surface area contributed by atoms with Crippen LogP contribution in [0.5, 0.6) is 0 Å². The third-order valence-corrected chi connectivity index (χ3v) is 1.67. The van der Waals surface area contributed by atoms with Crippen LogP contribution in [0.4, 0.5) is 0 Å². The van der Waals surface area contributed by atoms with Crippen molar-refractivity contribution in [2.24, 2.45) is 0 Å². The van der Waals surface area contributed by atoms with E-state index in [1.54, 1.807) is 7.05 Å². The molecule has 0 amide bonds. The van der Waals surface area contributed by atoms with Crippen molar-refractivity contribution in [1.29, 1.82) is 0 Å². The Bertz CT molecular complexity index is 132. The molecular weight excluding hydrogens is 144 g/mol. The lowest BCUT2D eigenvalue weighted by Crippen LogP contribution is -3.09. The molecule has 0 bridgehead atoms. The SMILES string of the molecule is CN[NH+]([O-])/C=C/C1CCCO1. The number of nitrogens with one attached hydrogen (secondary N) is 2. The number of hydrogen-bond donors (Lipinski definition) is 2. The molecule has 1 saturated heterocycles. The highest BCUT2D eigenvalue weighted by molar-refractivity contribution is 4.85. The Balaban J connectivity index is 2.22. The fourth-order valence-corrected chi connectivity index (χ4v) is 1.03. The second-order valence-corrected chi connectivity index (χ2v) is 2.52. The van der Waals surface area contributed by atoms with Gasteiger partial charge in [-0.3, -0.25) is 5.17 Å². The van der Waals surface area contributed by atoms with Gasteiger partial charge in [-0.15, -0.1) is 0 Å². The maximum absolute atomic E-state index is 10.7. The molecule has 1 heterocycles. The Morgan fingerprint density at radius 1 is 1.73 bits per heavy atom. The highest BCUT2D eigenvalue weighted by atomic mass is 16.5. The van der Waals surface area contributed by atoms with Gasteiger partial charge in [-0.1, -0.05) is 0 Å². The van der Waals surface area contributed by atoms with Crippen molar-refractivity contribution < 1.29 is 9.91 Å². The van der Waals surface area contributed by atoms with Crippen molar-refractivity contribution in [3.63, 3.8) is 0 Å². The molecule has 0 aromatic rings. The van der Waals surface area contributed by atoms with Gasteiger partial charge in [0.05, 0.1) is 6.10 Å². The van der Waals surface area contributed by atoms with Crippen LogP contribution in [-0.2, 0) is 4.74 Å². The van der Waals surface area contributed by atoms with Crippen molar-refractivity contribution in [2.45, 2.75) is 18.9 Å². The predicted molar refractivity (Wildman–Crippen MR) is 41.5 cm³/mol. The summed E-state index contributed by atoms with van der Waals surface area (Å²) in [6.07, 6.45) is 5.63. The smallest absolute Gasteiger partial charge is 0.112 e. The number of quaternary nitrogens is 1. The topological polar surface area (TPSA) is 48.8 Å². The maximum atomic E-state index is 10.7. The molecule has 0 radical (unpaired) electrons. The van der Waals surface area contributed by atoms with Crippen molar-refractivity contribution in [2.75, 3.05) is 13.7 Å². The zero-order valence-corrected chi connectivity index (χ0v) is 6.67. The zero-order valence-electron chi connectivity index (χ0n) is 6.67. The molecule has 0 saturated carbocycles. The number of hydroxylamine groups is 1. The largest absolute Gasteiger partial charge is 0.608 e. The zero-order chi connectivity index (χ0) is 8.10. The first-order valence-corrected chi connectivity index (χ1v) is 3.84. The molecule has 11 heavy (non-hydrogen) atoms. The maximum Gasteiger partial charge on any atom is 0.112 e. The Labute approximate surface area is 66.4 Å². The van der Waals surface area contributed by atoms with E-state index in [4.69, 9.17) is 4.74 Å². The van der Waals surface area contributed by atoms with Crippen molar-refractivity contribution in [3.05, 3.63) is 17.5 Å². The minimum atomic E-state index is -0.0690. The van der Waals surface area contributed by atoms with Crippen LogP contribution in [0, 0.1) is 5.21 Å². The third-order valence-electron chi connectivity index (χ3n) is 1.67. The van der Waals surface area contributed by atoms with Gasteiger partial charge in [0, 0.05) is 13.7 Å². The summed E-state index contributed by atoms with van der Waals surface area (Å²) in [7, 11) is 1.61. The van der Waals surface area contributed by atoms with Gasteiger partial charge in [0.25, 0.3) is 0 Å². The molecule has 2 N–H and O–H groups in total. The minimum Gasteiger partial charge on any atom is -0.608 e. The van der Waals surface area contributed by atoms with Crippen LogP contribution in [0.3, 0.4) is 0 Å². The quantitative estimate of drug-likeness (QED) is 0.528. The molecule has 1 aliphatic heterocycles. The summed E-state index contributed by atoms with van der Waals surface area (Å²) in [4.78, 5) is 0. The van der Waals surface area contributed by atoms with Gasteiger partial charge in [-0.2, -0.15) is 5.43 Å². The van der Waals surface area contributed by atoms with Crippen LogP contribution in [0.2, 0.25) is 0 Å². The first kappa shape index (κ1) is 8.67. The van der Waals surface area contributed by atoms with Crippen LogP contribution in [0.25, 0.3) is 0 Å². The number of hydrogen-bond acceptors (Lipinski definition) is 3. The van der Waals surface area contributed by atoms with E-state index in [-0.39, 0.29) is 11.3 Å². The third kappa shape index (κ3) is 2.98. The molecule has 0 aromatic carbocycles. The van der Waals surface area contributed by atoms with E-state index < -0.39 is 0 Å². The molecular formula is C7H14N2O2. The van der Waals surface area contributed by atoms with Crippen LogP contribution in [0.1, 0.15) is 12.8 Å². The van der Waals surface area contributed by atoms with Crippen LogP contribution < -0.4 is 10.6 Å². The molecule has 4 heteroatoms. The molecule has 2 unspecified atom stereocenters. The summed E-state index contributed by atoms with van der Waals surface area (Å²) in [5.74, 6) is 0. The lowest BCUT2D eigenvalue weighted by Gasteiger charge is -2.14. The van der Waals surface area contributed by atoms with Gasteiger partial charge >= 0.3 is 0 Å². The van der Waals surface area contributed by atoms with Gasteiger partial charge in [-0.05, 0) is 18.9 Å². The van der Waals surface area contributed by atoms with Gasteiger partial charge in [0.2, 0.25) is 0 Å². The number of ether oxygens (including phenoxy) is 1. The van der Waals surface area contributed by atoms with E-state index in [1.807, 2.05) is 6.08 Å². The summed E-state index contributed by atoms with van der Waals surface area (Å²) in [5.41, 5.74) is 2.51. The van der Waals surface area contributed by atoms with E-state index in [0.717, 1.165) is 19.4 Å². The number of rotatable bonds is 3. The van der Waals surface area contributed by atoms with E-state index >= 15 is 0 Å². The summed E-state index contributed by atoms with van der Waals surface area (Å²) in [5, 5.41) is 10.6. The Hall–Kier alpha value is -0.420. The fraction of sp³-hybridized carbons (Fsp3) is 0.714. The predicted octanol–water partition coefficient (Wildman–Crippen LogP) is -0.804. The van der Waals surface area contributed by atoms with Crippen molar-refractivity contribution in [1.82, 2.24) is 5.43 Å². The van der Waals surface area contributed by atoms with Gasteiger partial charge in [0.1, 0.15) is 6.20 Å². The van der Waals surface area contributed by atoms with Gasteiger partial charge in [0.15, 0.2) is 0 Å². The first-order valence-electron chi connectivity index (χ1n) is 3.84. The van der Waals surface area contributed by atoms with E-state index in [9.17, 15) is 5.21 Å². The normalized spacial score (nSPS) is 28.0. The van der Waals surface area contributed by atoms with Gasteiger partial charge in [-0.25, -0.2) is 0 Å². The second-order valence-electron chi connectivity index (χ2n) is 2.52. The summed E-state index contributed by atoms with van der Waals surface area (Å²) in [6.45, 7) is 0.822. The van der Waals surface area contributed by atoms with Crippen LogP contribution in [0.15, 0.2) is 12.3 Å². The average molecular weight is 158 g/mol. The van der Waals surface area contributed by atoms with Crippen LogP contribution in [-0.4, -0.2) is 19.8 Å². The van der Waals surface area contributed by atoms with E-state index in [0.29, 0.717) is 0 Å². The molecule has 1 rings (SSSR count). The molecule has 4 nitrogen and oxygen atoms in total. The lowest BCUT2D eigenvalue weighted by atomic mass is 10.2. The van der Waals surface area contributed by atoms with Crippen molar-refractivity contribution in [3.8, 4) is 0 Å². The minimum absolute atomic E-state index is 0.0690. The summed E-state index contributed by atoms with van der Waals surface area (Å²) >= 11 is 0.